The maximum Gasteiger partial charge on any atom is 0.321 e. The van der Waals surface area contributed by atoms with Gasteiger partial charge in [-0.15, -0.1) is 0 Å². The van der Waals surface area contributed by atoms with Crippen molar-refractivity contribution in [2.45, 2.75) is 38.7 Å². The van der Waals surface area contributed by atoms with Gasteiger partial charge in [-0.05, 0) is 12.8 Å². The predicted molar refractivity (Wildman–Crippen MR) is 66.5 cm³/mol. The maximum absolute atomic E-state index is 11.4. The zero-order valence-corrected chi connectivity index (χ0v) is 11.0. The van der Waals surface area contributed by atoms with Crippen LogP contribution in [0.3, 0.4) is 0 Å². The molecule has 1 heterocycles. The van der Waals surface area contributed by atoms with Gasteiger partial charge in [0.25, 0.3) is 0 Å². The number of carbonyl (C=O) groups excluding carboxylic acids is 2. The Morgan fingerprint density at radius 3 is 2.68 bits per heavy atom. The van der Waals surface area contributed by atoms with E-state index < -0.39 is 17.9 Å². The van der Waals surface area contributed by atoms with Crippen LogP contribution in [0.5, 0.6) is 0 Å². The van der Waals surface area contributed by atoms with Crippen LogP contribution >= 0.6 is 0 Å². The molecule has 1 fully saturated rings. The van der Waals surface area contributed by atoms with E-state index in [4.69, 9.17) is 9.84 Å². The minimum absolute atomic E-state index is 0.156. The summed E-state index contributed by atoms with van der Waals surface area (Å²) in [6.07, 6.45) is 1.46. The molecule has 0 aromatic heterocycles. The van der Waals surface area contributed by atoms with Crippen molar-refractivity contribution in [2.75, 3.05) is 13.2 Å². The van der Waals surface area contributed by atoms with Gasteiger partial charge in [0.1, 0.15) is 0 Å². The highest BCUT2D eigenvalue weighted by Crippen LogP contribution is 2.22. The summed E-state index contributed by atoms with van der Waals surface area (Å²) in [5, 5.41) is 13.1. The molecule has 0 bridgehead atoms. The fraction of sp³-hybridized carbons (Fsp3) is 0.750. The standard InChI is InChI=1S/C12H20N2O5/c1-2-9-8(5-6-19-9)7-13-12(18)14-10(15)3-4-11(16)17/h8-9H,2-7H2,1H3,(H,16,17)(H2,13,14,15,18). The molecule has 0 aromatic rings. The summed E-state index contributed by atoms with van der Waals surface area (Å²) >= 11 is 0. The number of carboxylic acids is 1. The van der Waals surface area contributed by atoms with Gasteiger partial charge in [-0.25, -0.2) is 4.79 Å². The van der Waals surface area contributed by atoms with E-state index in [0.29, 0.717) is 13.2 Å². The van der Waals surface area contributed by atoms with Crippen LogP contribution in [0.1, 0.15) is 32.6 Å². The molecule has 7 heteroatoms. The first kappa shape index (κ1) is 15.4. The second-order valence-electron chi connectivity index (χ2n) is 4.52. The lowest BCUT2D eigenvalue weighted by Crippen LogP contribution is -2.42. The number of amides is 3. The predicted octanol–water partition coefficient (Wildman–Crippen LogP) is 0.492. The van der Waals surface area contributed by atoms with E-state index in [9.17, 15) is 14.4 Å². The number of carboxylic acid groups (broad SMARTS) is 1. The normalized spacial score (nSPS) is 21.9. The SMILES string of the molecule is CCC1OCCC1CNC(=O)NC(=O)CCC(=O)O. The Labute approximate surface area is 111 Å². The smallest absolute Gasteiger partial charge is 0.321 e. The molecule has 0 saturated carbocycles. The molecule has 2 unspecified atom stereocenters. The van der Waals surface area contributed by atoms with Gasteiger partial charge in [-0.2, -0.15) is 0 Å². The van der Waals surface area contributed by atoms with Crippen molar-refractivity contribution >= 4 is 17.9 Å². The van der Waals surface area contributed by atoms with Crippen molar-refractivity contribution in [1.82, 2.24) is 10.6 Å². The lowest BCUT2D eigenvalue weighted by Gasteiger charge is -2.17. The second kappa shape index (κ2) is 7.73. The molecule has 19 heavy (non-hydrogen) atoms. The summed E-state index contributed by atoms with van der Waals surface area (Å²) in [5.74, 6) is -1.39. The molecule has 1 saturated heterocycles. The van der Waals surface area contributed by atoms with E-state index in [1.807, 2.05) is 6.92 Å². The Hall–Kier alpha value is -1.63. The average Bonchev–Trinajstić information content (AvgIpc) is 2.81. The van der Waals surface area contributed by atoms with Gasteiger partial charge >= 0.3 is 12.0 Å². The first-order valence-electron chi connectivity index (χ1n) is 6.44. The van der Waals surface area contributed by atoms with Gasteiger partial charge in [0.05, 0.1) is 12.5 Å². The van der Waals surface area contributed by atoms with Crippen LogP contribution in [0.25, 0.3) is 0 Å². The van der Waals surface area contributed by atoms with Gasteiger partial charge in [-0.1, -0.05) is 6.92 Å². The molecule has 1 aliphatic rings. The Morgan fingerprint density at radius 1 is 1.32 bits per heavy atom. The van der Waals surface area contributed by atoms with Gasteiger partial charge in [-0.3, -0.25) is 14.9 Å². The maximum atomic E-state index is 11.4. The molecule has 7 nitrogen and oxygen atoms in total. The van der Waals surface area contributed by atoms with E-state index in [2.05, 4.69) is 10.6 Å². The summed E-state index contributed by atoms with van der Waals surface area (Å²) in [5.41, 5.74) is 0. The third-order valence-electron chi connectivity index (χ3n) is 3.09. The average molecular weight is 272 g/mol. The quantitative estimate of drug-likeness (QED) is 0.652. The first-order valence-corrected chi connectivity index (χ1v) is 6.44. The van der Waals surface area contributed by atoms with Crippen LogP contribution in [-0.2, 0) is 14.3 Å². The molecular formula is C12H20N2O5. The van der Waals surface area contributed by atoms with Crippen molar-refractivity contribution in [3.63, 3.8) is 0 Å². The first-order chi connectivity index (χ1) is 9.02. The van der Waals surface area contributed by atoms with Crippen molar-refractivity contribution < 1.29 is 24.2 Å². The summed E-state index contributed by atoms with van der Waals surface area (Å²) < 4.78 is 5.49. The lowest BCUT2D eigenvalue weighted by atomic mass is 10.00. The Bertz CT molecular complexity index is 345. The summed E-state index contributed by atoms with van der Waals surface area (Å²) in [4.78, 5) is 32.9. The number of urea groups is 1. The topological polar surface area (TPSA) is 105 Å². The zero-order valence-electron chi connectivity index (χ0n) is 11.0. The molecule has 1 rings (SSSR count). The highest BCUT2D eigenvalue weighted by atomic mass is 16.5. The molecular weight excluding hydrogens is 252 g/mol. The summed E-state index contributed by atoms with van der Waals surface area (Å²) in [6.45, 7) is 3.18. The van der Waals surface area contributed by atoms with Crippen molar-refractivity contribution in [1.29, 1.82) is 0 Å². The molecule has 3 N–H and O–H groups in total. The Morgan fingerprint density at radius 2 is 2.05 bits per heavy atom. The van der Waals surface area contributed by atoms with E-state index in [1.54, 1.807) is 0 Å². The van der Waals surface area contributed by atoms with E-state index in [-0.39, 0.29) is 24.9 Å². The number of imide groups is 1. The molecule has 0 spiro atoms. The number of nitrogens with one attached hydrogen (secondary N) is 2. The highest BCUT2D eigenvalue weighted by molar-refractivity contribution is 5.95. The minimum atomic E-state index is -1.07. The zero-order chi connectivity index (χ0) is 14.3. The largest absolute Gasteiger partial charge is 0.481 e. The van der Waals surface area contributed by atoms with Crippen molar-refractivity contribution in [3.05, 3.63) is 0 Å². The van der Waals surface area contributed by atoms with Crippen LogP contribution in [0, 0.1) is 5.92 Å². The Kier molecular flexibility index (Phi) is 6.27. The lowest BCUT2D eigenvalue weighted by molar-refractivity contribution is -0.138. The molecule has 0 aliphatic carbocycles. The fourth-order valence-corrected chi connectivity index (χ4v) is 2.06. The Balaban J connectivity index is 2.20. The number of ether oxygens (including phenoxy) is 1. The molecule has 3 amide bonds. The molecule has 1 aliphatic heterocycles. The van der Waals surface area contributed by atoms with Gasteiger partial charge < -0.3 is 15.2 Å². The molecule has 0 radical (unpaired) electrons. The number of rotatable bonds is 6. The summed E-state index contributed by atoms with van der Waals surface area (Å²) in [6, 6.07) is -0.586. The second-order valence-corrected chi connectivity index (χ2v) is 4.52. The number of hydrogen-bond acceptors (Lipinski definition) is 4. The van der Waals surface area contributed by atoms with Crippen molar-refractivity contribution in [2.24, 2.45) is 5.92 Å². The summed E-state index contributed by atoms with van der Waals surface area (Å²) in [7, 11) is 0. The third-order valence-corrected chi connectivity index (χ3v) is 3.09. The molecule has 0 aromatic carbocycles. The van der Waals surface area contributed by atoms with Crippen LogP contribution in [-0.4, -0.2) is 42.3 Å². The van der Waals surface area contributed by atoms with Crippen LogP contribution in [0.2, 0.25) is 0 Å². The van der Waals surface area contributed by atoms with Gasteiger partial charge in [0.2, 0.25) is 5.91 Å². The van der Waals surface area contributed by atoms with Crippen LogP contribution in [0.4, 0.5) is 4.79 Å². The monoisotopic (exact) mass is 272 g/mol. The number of hydrogen-bond donors (Lipinski definition) is 3. The number of aliphatic carboxylic acids is 1. The van der Waals surface area contributed by atoms with Crippen molar-refractivity contribution in [3.8, 4) is 0 Å². The van der Waals surface area contributed by atoms with E-state index >= 15 is 0 Å². The van der Waals surface area contributed by atoms with E-state index in [0.717, 1.165) is 12.8 Å². The van der Waals surface area contributed by atoms with E-state index in [1.165, 1.54) is 0 Å². The fourth-order valence-electron chi connectivity index (χ4n) is 2.06. The molecule has 2 atom stereocenters. The van der Waals surface area contributed by atoms with Gasteiger partial charge in [0.15, 0.2) is 0 Å². The van der Waals surface area contributed by atoms with Gasteiger partial charge in [0, 0.05) is 25.5 Å². The van der Waals surface area contributed by atoms with Crippen LogP contribution in [0.15, 0.2) is 0 Å². The minimum Gasteiger partial charge on any atom is -0.481 e. The highest BCUT2D eigenvalue weighted by Gasteiger charge is 2.26. The molecule has 108 valence electrons. The van der Waals surface area contributed by atoms with Crippen LogP contribution < -0.4 is 10.6 Å². The third kappa shape index (κ3) is 5.69. The number of carbonyl (C=O) groups is 3.